The average Bonchev–Trinajstić information content (AvgIpc) is 2.34. The van der Waals surface area contributed by atoms with Gasteiger partial charge in [0.05, 0.1) is 10.7 Å². The van der Waals surface area contributed by atoms with E-state index in [1.54, 1.807) is 6.20 Å². The number of halogens is 1. The highest BCUT2D eigenvalue weighted by Crippen LogP contribution is 2.11. The van der Waals surface area contributed by atoms with Crippen LogP contribution in [-0.4, -0.2) is 25.0 Å². The van der Waals surface area contributed by atoms with Crippen molar-refractivity contribution >= 4 is 21.6 Å². The molecular formula is C4H2BrN5. The molecule has 0 aliphatic carbocycles. The summed E-state index contributed by atoms with van der Waals surface area (Å²) in [5, 5.41) is 14.7. The molecule has 0 unspecified atom stereocenters. The Morgan fingerprint density at radius 2 is 2.40 bits per heavy atom. The van der Waals surface area contributed by atoms with Crippen molar-refractivity contribution in [1.82, 2.24) is 25.0 Å². The van der Waals surface area contributed by atoms with Crippen LogP contribution in [0, 0.1) is 0 Å². The Bertz CT molecular complexity index is 355. The van der Waals surface area contributed by atoms with E-state index in [0.717, 1.165) is 4.47 Å². The molecule has 2 aromatic rings. The van der Waals surface area contributed by atoms with Crippen molar-refractivity contribution in [3.8, 4) is 0 Å². The lowest BCUT2D eigenvalue weighted by Gasteiger charge is -1.84. The maximum absolute atomic E-state index is 3.92. The number of rotatable bonds is 0. The molecule has 2 heterocycles. The van der Waals surface area contributed by atoms with Gasteiger partial charge in [0.15, 0.2) is 5.65 Å². The second-order valence-electron chi connectivity index (χ2n) is 1.68. The van der Waals surface area contributed by atoms with Gasteiger partial charge < -0.3 is 0 Å². The summed E-state index contributed by atoms with van der Waals surface area (Å²) in [6.07, 6.45) is 3.14. The van der Waals surface area contributed by atoms with Crippen LogP contribution in [0.25, 0.3) is 5.65 Å². The van der Waals surface area contributed by atoms with Crippen molar-refractivity contribution in [2.45, 2.75) is 0 Å². The van der Waals surface area contributed by atoms with Gasteiger partial charge in [0.25, 0.3) is 0 Å². The van der Waals surface area contributed by atoms with Crippen molar-refractivity contribution < 1.29 is 0 Å². The van der Waals surface area contributed by atoms with Crippen molar-refractivity contribution in [1.29, 1.82) is 0 Å². The highest BCUT2D eigenvalue weighted by Gasteiger charge is 1.99. The Kier molecular flexibility index (Phi) is 1.13. The number of hydrogen-bond donors (Lipinski definition) is 0. The van der Waals surface area contributed by atoms with Crippen LogP contribution in [0.15, 0.2) is 17.0 Å². The molecule has 5 nitrogen and oxygen atoms in total. The largest absolute Gasteiger partial charge is 0.199 e. The highest BCUT2D eigenvalue weighted by atomic mass is 79.9. The zero-order valence-corrected chi connectivity index (χ0v) is 6.35. The van der Waals surface area contributed by atoms with Gasteiger partial charge in [-0.3, -0.25) is 0 Å². The Hall–Kier alpha value is -1.04. The Labute approximate surface area is 64.2 Å². The predicted octanol–water partition coefficient (Wildman–Crippen LogP) is 0.282. The number of fused-ring (bicyclic) bond motifs is 1. The first-order valence-corrected chi connectivity index (χ1v) is 3.34. The fourth-order valence-corrected chi connectivity index (χ4v) is 1.01. The summed E-state index contributed by atoms with van der Waals surface area (Å²) in [5.74, 6) is 0. The van der Waals surface area contributed by atoms with Gasteiger partial charge >= 0.3 is 0 Å². The highest BCUT2D eigenvalue weighted by molar-refractivity contribution is 9.10. The van der Waals surface area contributed by atoms with Crippen molar-refractivity contribution in [3.63, 3.8) is 0 Å². The first kappa shape index (κ1) is 5.72. The van der Waals surface area contributed by atoms with Crippen LogP contribution >= 0.6 is 15.9 Å². The molecule has 0 atom stereocenters. The standard InChI is InChI=1S/C4H2BrN5/c5-3-1-7-10-2-6-9-8-4(3)10/h1-2H. The molecule has 0 amide bonds. The van der Waals surface area contributed by atoms with Gasteiger partial charge in [0.1, 0.15) is 6.33 Å². The van der Waals surface area contributed by atoms with E-state index in [-0.39, 0.29) is 0 Å². The van der Waals surface area contributed by atoms with Crippen LogP contribution in [0.5, 0.6) is 0 Å². The van der Waals surface area contributed by atoms with Crippen molar-refractivity contribution in [2.24, 2.45) is 0 Å². The molecule has 2 aromatic heterocycles. The van der Waals surface area contributed by atoms with Gasteiger partial charge in [0.2, 0.25) is 0 Å². The minimum absolute atomic E-state index is 0.676. The van der Waals surface area contributed by atoms with Crippen LogP contribution in [0.4, 0.5) is 0 Å². The lowest BCUT2D eigenvalue weighted by molar-refractivity contribution is 0.781. The maximum Gasteiger partial charge on any atom is 0.195 e. The molecule has 0 bridgehead atoms. The summed E-state index contributed by atoms with van der Waals surface area (Å²) in [6.45, 7) is 0. The molecule has 0 aromatic carbocycles. The first-order valence-electron chi connectivity index (χ1n) is 2.55. The molecule has 0 spiro atoms. The molecule has 6 heteroatoms. The number of hydrogen-bond acceptors (Lipinski definition) is 4. The fraction of sp³-hybridized carbons (Fsp3) is 0. The third-order valence-corrected chi connectivity index (χ3v) is 1.64. The van der Waals surface area contributed by atoms with E-state index >= 15 is 0 Å². The zero-order chi connectivity index (χ0) is 6.97. The molecule has 2 rings (SSSR count). The second-order valence-corrected chi connectivity index (χ2v) is 2.54. The molecular weight excluding hydrogens is 198 g/mol. The summed E-state index contributed by atoms with van der Waals surface area (Å²) in [6, 6.07) is 0. The topological polar surface area (TPSA) is 56.0 Å². The normalized spacial score (nSPS) is 10.5. The van der Waals surface area contributed by atoms with Crippen LogP contribution in [0.2, 0.25) is 0 Å². The molecule has 0 fully saturated rings. The molecule has 0 saturated heterocycles. The van der Waals surface area contributed by atoms with E-state index < -0.39 is 0 Å². The summed E-state index contributed by atoms with van der Waals surface area (Å²) in [5.41, 5.74) is 0.676. The summed E-state index contributed by atoms with van der Waals surface area (Å²) in [7, 11) is 0. The zero-order valence-electron chi connectivity index (χ0n) is 4.77. The maximum atomic E-state index is 3.92. The minimum Gasteiger partial charge on any atom is -0.199 e. The molecule has 0 aliphatic heterocycles. The summed E-state index contributed by atoms with van der Waals surface area (Å²) < 4.78 is 2.36. The second kappa shape index (κ2) is 1.98. The van der Waals surface area contributed by atoms with Crippen LogP contribution in [0.1, 0.15) is 0 Å². The third kappa shape index (κ3) is 0.688. The van der Waals surface area contributed by atoms with Gasteiger partial charge in [-0.15, -0.1) is 10.2 Å². The first-order chi connectivity index (χ1) is 4.88. The molecule has 0 radical (unpaired) electrons. The van der Waals surface area contributed by atoms with Crippen LogP contribution in [-0.2, 0) is 0 Å². The number of nitrogens with zero attached hydrogens (tertiary/aromatic N) is 5. The van der Waals surface area contributed by atoms with Gasteiger partial charge in [0, 0.05) is 0 Å². The van der Waals surface area contributed by atoms with Gasteiger partial charge in [-0.2, -0.15) is 9.61 Å². The minimum atomic E-state index is 0.676. The van der Waals surface area contributed by atoms with Gasteiger partial charge in [-0.05, 0) is 21.1 Å². The van der Waals surface area contributed by atoms with E-state index in [1.807, 2.05) is 0 Å². The Balaban J connectivity index is 2.93. The van der Waals surface area contributed by atoms with Gasteiger partial charge in [-0.25, -0.2) is 0 Å². The average molecular weight is 200 g/mol. The summed E-state index contributed by atoms with van der Waals surface area (Å²) >= 11 is 3.25. The lowest BCUT2D eigenvalue weighted by atomic mass is 10.7. The smallest absolute Gasteiger partial charge is 0.195 e. The van der Waals surface area contributed by atoms with Crippen molar-refractivity contribution in [3.05, 3.63) is 17.0 Å². The van der Waals surface area contributed by atoms with E-state index in [0.29, 0.717) is 5.65 Å². The summed E-state index contributed by atoms with van der Waals surface area (Å²) in [4.78, 5) is 0. The number of aromatic nitrogens is 5. The van der Waals surface area contributed by atoms with E-state index in [4.69, 9.17) is 0 Å². The molecule has 0 saturated carbocycles. The lowest BCUT2D eigenvalue weighted by Crippen LogP contribution is -1.94. The quantitative estimate of drug-likeness (QED) is 0.612. The molecule has 50 valence electrons. The van der Waals surface area contributed by atoms with Crippen molar-refractivity contribution in [2.75, 3.05) is 0 Å². The predicted molar refractivity (Wildman–Crippen MR) is 36.3 cm³/mol. The van der Waals surface area contributed by atoms with Gasteiger partial charge in [-0.1, -0.05) is 0 Å². The van der Waals surface area contributed by atoms with E-state index in [2.05, 4.69) is 36.4 Å². The Morgan fingerprint density at radius 1 is 1.50 bits per heavy atom. The van der Waals surface area contributed by atoms with E-state index in [1.165, 1.54) is 10.8 Å². The fourth-order valence-electron chi connectivity index (χ4n) is 0.653. The monoisotopic (exact) mass is 199 g/mol. The third-order valence-electron chi connectivity index (χ3n) is 1.08. The van der Waals surface area contributed by atoms with Crippen LogP contribution < -0.4 is 0 Å². The Morgan fingerprint density at radius 3 is 3.20 bits per heavy atom. The molecule has 10 heavy (non-hydrogen) atoms. The van der Waals surface area contributed by atoms with Crippen LogP contribution in [0.3, 0.4) is 0 Å². The SMILES string of the molecule is Brc1cnn2cnnnc12. The molecule has 0 N–H and O–H groups in total. The van der Waals surface area contributed by atoms with E-state index in [9.17, 15) is 0 Å². The molecule has 0 aliphatic rings.